The topological polar surface area (TPSA) is 0 Å². The Balaban J connectivity index is 0.000000360. The molecule has 1 heterocycles. The highest BCUT2D eigenvalue weighted by Gasteiger charge is 1.77. The predicted molar refractivity (Wildman–Crippen MR) is 39.7 cm³/mol. The predicted octanol–water partition coefficient (Wildman–Crippen LogP) is 2.51. The third kappa shape index (κ3) is 2.22. The van der Waals surface area contributed by atoms with Gasteiger partial charge in [-0.15, -0.1) is 11.3 Å². The lowest BCUT2D eigenvalue weighted by molar-refractivity contribution is 2.02. The van der Waals surface area contributed by atoms with Gasteiger partial charge >= 0.3 is 0 Å². The van der Waals surface area contributed by atoms with Gasteiger partial charge in [0.05, 0.1) is 4.34 Å². The smallest absolute Gasteiger partial charge is 0.0928 e. The minimum atomic E-state index is 0. The van der Waals surface area contributed by atoms with E-state index in [1.54, 1.807) is 11.3 Å². The highest BCUT2D eigenvalue weighted by molar-refractivity contribution is 7.59. The summed E-state index contributed by atoms with van der Waals surface area (Å²) >= 11 is 7.02. The molecule has 1 rings (SSSR count). The van der Waals surface area contributed by atoms with Crippen LogP contribution in [0.1, 0.15) is 0 Å². The second kappa shape index (κ2) is 3.36. The summed E-state index contributed by atoms with van der Waals surface area (Å²) in [4.78, 5) is 0. The van der Waals surface area contributed by atoms with Crippen molar-refractivity contribution in [2.24, 2.45) is 0 Å². The fourth-order valence-corrected chi connectivity index (χ4v) is 0.930. The van der Waals surface area contributed by atoms with Crippen molar-refractivity contribution >= 4 is 36.4 Å². The maximum absolute atomic E-state index is 5.47. The van der Waals surface area contributed by atoms with Crippen molar-refractivity contribution in [3.8, 4) is 0 Å². The van der Waals surface area contributed by atoms with Gasteiger partial charge in [-0.1, -0.05) is 11.6 Å². The second-order valence-corrected chi connectivity index (χ2v) is 2.50. The quantitative estimate of drug-likeness (QED) is 0.536. The summed E-state index contributed by atoms with van der Waals surface area (Å²) in [7, 11) is 0. The summed E-state index contributed by atoms with van der Waals surface area (Å²) in [5.74, 6) is 0. The summed E-state index contributed by atoms with van der Waals surface area (Å²) < 4.78 is 0.856. The number of halogens is 1. The first-order valence-electron chi connectivity index (χ1n) is 1.58. The molecule has 1 aromatic heterocycles. The first-order chi connectivity index (χ1) is 2.89. The van der Waals surface area contributed by atoms with Crippen LogP contribution < -0.4 is 0 Å². The van der Waals surface area contributed by atoms with Crippen LogP contribution in [0.25, 0.3) is 0 Å². The van der Waals surface area contributed by atoms with Gasteiger partial charge in [-0.3, -0.25) is 0 Å². The fourth-order valence-electron chi connectivity index (χ4n) is 0.259. The van der Waals surface area contributed by atoms with Crippen LogP contribution >= 0.6 is 36.4 Å². The van der Waals surface area contributed by atoms with Gasteiger partial charge in [0.1, 0.15) is 0 Å². The number of rotatable bonds is 0. The van der Waals surface area contributed by atoms with E-state index >= 15 is 0 Å². The fraction of sp³-hybridized carbons (Fsp3) is 0. The van der Waals surface area contributed by atoms with Crippen LogP contribution in [-0.2, 0) is 0 Å². The minimum Gasteiger partial charge on any atom is -0.197 e. The van der Waals surface area contributed by atoms with Gasteiger partial charge in [-0.2, -0.15) is 13.5 Å². The summed E-state index contributed by atoms with van der Waals surface area (Å²) in [5.41, 5.74) is 0. The van der Waals surface area contributed by atoms with Crippen molar-refractivity contribution in [2.75, 3.05) is 0 Å². The van der Waals surface area contributed by atoms with Gasteiger partial charge in [0.2, 0.25) is 0 Å². The van der Waals surface area contributed by atoms with Gasteiger partial charge in [0.25, 0.3) is 0 Å². The van der Waals surface area contributed by atoms with Crippen LogP contribution in [0.5, 0.6) is 0 Å². The van der Waals surface area contributed by atoms with Crippen LogP contribution in [0.15, 0.2) is 17.5 Å². The Kier molecular flexibility index (Phi) is 3.52. The average molecular weight is 153 g/mol. The Morgan fingerprint density at radius 3 is 2.43 bits per heavy atom. The zero-order valence-corrected chi connectivity index (χ0v) is 6.09. The SMILES string of the molecule is Clc1cccs1.S. The van der Waals surface area contributed by atoms with E-state index in [1.807, 2.05) is 17.5 Å². The van der Waals surface area contributed by atoms with E-state index in [9.17, 15) is 0 Å². The van der Waals surface area contributed by atoms with Crippen LogP contribution in [0.3, 0.4) is 0 Å². The highest BCUT2D eigenvalue weighted by Crippen LogP contribution is 2.13. The van der Waals surface area contributed by atoms with Crippen molar-refractivity contribution in [1.29, 1.82) is 0 Å². The molecule has 0 atom stereocenters. The van der Waals surface area contributed by atoms with E-state index in [2.05, 4.69) is 0 Å². The summed E-state index contributed by atoms with van der Waals surface area (Å²) in [6.07, 6.45) is 0. The molecular weight excluding hydrogens is 148 g/mol. The largest absolute Gasteiger partial charge is 0.197 e. The Bertz CT molecular complexity index is 113. The van der Waals surface area contributed by atoms with E-state index in [0.29, 0.717) is 0 Å². The normalized spacial score (nSPS) is 7.57. The molecule has 3 heteroatoms. The Morgan fingerprint density at radius 2 is 2.29 bits per heavy atom. The van der Waals surface area contributed by atoms with E-state index in [4.69, 9.17) is 11.6 Å². The van der Waals surface area contributed by atoms with E-state index in [-0.39, 0.29) is 13.5 Å². The molecule has 0 saturated heterocycles. The summed E-state index contributed by atoms with van der Waals surface area (Å²) in [6.45, 7) is 0. The van der Waals surface area contributed by atoms with Gasteiger partial charge in [-0.25, -0.2) is 0 Å². The zero-order valence-electron chi connectivity index (χ0n) is 3.52. The first-order valence-corrected chi connectivity index (χ1v) is 2.84. The number of thiophene rings is 1. The third-order valence-corrected chi connectivity index (χ3v) is 1.53. The van der Waals surface area contributed by atoms with Crippen molar-refractivity contribution in [3.05, 3.63) is 21.8 Å². The molecule has 0 unspecified atom stereocenters. The molecule has 0 saturated carbocycles. The van der Waals surface area contributed by atoms with Gasteiger partial charge in [0.15, 0.2) is 0 Å². The van der Waals surface area contributed by atoms with E-state index < -0.39 is 0 Å². The minimum absolute atomic E-state index is 0. The van der Waals surface area contributed by atoms with Gasteiger partial charge in [-0.05, 0) is 17.5 Å². The van der Waals surface area contributed by atoms with Gasteiger partial charge < -0.3 is 0 Å². The van der Waals surface area contributed by atoms with Crippen LogP contribution in [0, 0.1) is 0 Å². The van der Waals surface area contributed by atoms with Crippen LogP contribution in [0.4, 0.5) is 0 Å². The molecule has 0 N–H and O–H groups in total. The Morgan fingerprint density at radius 1 is 1.57 bits per heavy atom. The van der Waals surface area contributed by atoms with Gasteiger partial charge in [0, 0.05) is 0 Å². The maximum Gasteiger partial charge on any atom is 0.0928 e. The molecule has 0 aliphatic rings. The number of hydrogen-bond donors (Lipinski definition) is 0. The lowest BCUT2D eigenvalue weighted by atomic mass is 10.7. The second-order valence-electron chi connectivity index (χ2n) is 0.917. The molecule has 0 fully saturated rings. The highest BCUT2D eigenvalue weighted by atomic mass is 35.5. The number of hydrogen-bond acceptors (Lipinski definition) is 1. The molecular formula is C4H5ClS2. The maximum atomic E-state index is 5.47. The van der Waals surface area contributed by atoms with Crippen LogP contribution in [0.2, 0.25) is 4.34 Å². The standard InChI is InChI=1S/C4H3ClS.H2S/c5-4-2-1-3-6-4;/h1-3H;1H2. The Hall–Kier alpha value is 0.340. The zero-order chi connectivity index (χ0) is 4.41. The lowest BCUT2D eigenvalue weighted by Gasteiger charge is -1.62. The average Bonchev–Trinajstić information content (AvgIpc) is 1.86. The lowest BCUT2D eigenvalue weighted by Crippen LogP contribution is -1.29. The molecule has 0 amide bonds. The summed E-state index contributed by atoms with van der Waals surface area (Å²) in [6, 6.07) is 3.79. The van der Waals surface area contributed by atoms with Crippen LogP contribution in [-0.4, -0.2) is 0 Å². The van der Waals surface area contributed by atoms with Crippen molar-refractivity contribution in [3.63, 3.8) is 0 Å². The van der Waals surface area contributed by atoms with Crippen molar-refractivity contribution in [2.45, 2.75) is 0 Å². The van der Waals surface area contributed by atoms with Crippen molar-refractivity contribution in [1.82, 2.24) is 0 Å². The molecule has 0 bridgehead atoms. The first kappa shape index (κ1) is 7.34. The molecule has 7 heavy (non-hydrogen) atoms. The summed E-state index contributed by atoms with van der Waals surface area (Å²) in [5, 5.41) is 1.95. The molecule has 40 valence electrons. The third-order valence-electron chi connectivity index (χ3n) is 0.486. The molecule has 0 aromatic carbocycles. The molecule has 0 radical (unpaired) electrons. The molecule has 1 aromatic rings. The monoisotopic (exact) mass is 152 g/mol. The van der Waals surface area contributed by atoms with E-state index in [0.717, 1.165) is 4.34 Å². The molecule has 0 spiro atoms. The molecule has 0 aliphatic heterocycles. The van der Waals surface area contributed by atoms with Crippen molar-refractivity contribution < 1.29 is 0 Å². The Labute approximate surface area is 58.6 Å². The molecule has 0 aliphatic carbocycles. The van der Waals surface area contributed by atoms with E-state index in [1.165, 1.54) is 0 Å². The molecule has 0 nitrogen and oxygen atoms in total.